The van der Waals surface area contributed by atoms with Gasteiger partial charge >= 0.3 is 0 Å². The van der Waals surface area contributed by atoms with Gasteiger partial charge in [0.05, 0.1) is 6.54 Å². The molecule has 2 aromatic carbocycles. The molecule has 2 aliphatic heterocycles. The van der Waals surface area contributed by atoms with Gasteiger partial charge in [-0.25, -0.2) is 0 Å². The molecule has 1 atom stereocenters. The highest BCUT2D eigenvalue weighted by Gasteiger charge is 2.58. The van der Waals surface area contributed by atoms with Crippen LogP contribution in [0.25, 0.3) is 11.1 Å². The molecule has 0 bridgehead atoms. The molecule has 1 N–H and O–H groups in total. The van der Waals surface area contributed by atoms with Gasteiger partial charge in [-0.2, -0.15) is 0 Å². The molecular formula is C19H20N2O. The average molecular weight is 292 g/mol. The maximum Gasteiger partial charge on any atom is 0.241 e. The molecule has 2 aromatic rings. The molecule has 3 nitrogen and oxygen atoms in total. The second kappa shape index (κ2) is 4.13. The number of fused-ring (bicyclic) bond motifs is 3. The largest absolute Gasteiger partial charge is 0.339 e. The Morgan fingerprint density at radius 3 is 2.45 bits per heavy atom. The molecule has 0 radical (unpaired) electrons. The third-order valence-corrected chi connectivity index (χ3v) is 5.51. The van der Waals surface area contributed by atoms with E-state index in [1.165, 1.54) is 22.4 Å². The second-order valence-electron chi connectivity index (χ2n) is 6.93. The number of hydrogen-bond donors (Lipinski definition) is 1. The predicted molar refractivity (Wildman–Crippen MR) is 88.8 cm³/mol. The fourth-order valence-electron chi connectivity index (χ4n) is 3.84. The van der Waals surface area contributed by atoms with E-state index < -0.39 is 0 Å². The molecule has 0 spiro atoms. The van der Waals surface area contributed by atoms with Crippen LogP contribution in [0.1, 0.15) is 26.3 Å². The van der Waals surface area contributed by atoms with E-state index >= 15 is 0 Å². The van der Waals surface area contributed by atoms with Crippen molar-refractivity contribution in [3.63, 3.8) is 0 Å². The molecular weight excluding hydrogens is 272 g/mol. The van der Waals surface area contributed by atoms with Crippen LogP contribution in [0.5, 0.6) is 0 Å². The molecule has 1 saturated heterocycles. The molecule has 0 aliphatic carbocycles. The summed E-state index contributed by atoms with van der Waals surface area (Å²) in [6, 6.07) is 17.0. The van der Waals surface area contributed by atoms with Gasteiger partial charge in [0.15, 0.2) is 0 Å². The number of nitrogens with one attached hydrogen (secondary N) is 1. The first-order valence-electron chi connectivity index (χ1n) is 7.72. The summed E-state index contributed by atoms with van der Waals surface area (Å²) in [5, 5.41) is 3.18. The Bertz CT molecular complexity index is 766. The van der Waals surface area contributed by atoms with Gasteiger partial charge < -0.3 is 10.2 Å². The van der Waals surface area contributed by atoms with Gasteiger partial charge in [0, 0.05) is 11.1 Å². The second-order valence-corrected chi connectivity index (χ2v) is 6.93. The topological polar surface area (TPSA) is 32.3 Å². The zero-order valence-corrected chi connectivity index (χ0v) is 13.2. The van der Waals surface area contributed by atoms with E-state index in [2.05, 4.69) is 73.5 Å². The quantitative estimate of drug-likeness (QED) is 0.874. The fourth-order valence-corrected chi connectivity index (χ4v) is 3.84. The van der Waals surface area contributed by atoms with Crippen LogP contribution in [0.2, 0.25) is 0 Å². The summed E-state index contributed by atoms with van der Waals surface area (Å²) in [5.41, 5.74) is 4.44. The maximum absolute atomic E-state index is 11.9. The highest BCUT2D eigenvalue weighted by molar-refractivity contribution is 5.90. The van der Waals surface area contributed by atoms with Gasteiger partial charge in [-0.1, -0.05) is 50.2 Å². The number of hydrogen-bond acceptors (Lipinski definition) is 2. The minimum absolute atomic E-state index is 0.105. The van der Waals surface area contributed by atoms with E-state index in [4.69, 9.17) is 0 Å². The van der Waals surface area contributed by atoms with Crippen molar-refractivity contribution in [2.24, 2.45) is 0 Å². The van der Waals surface area contributed by atoms with Crippen LogP contribution in [-0.2, 0) is 10.2 Å². The highest BCUT2D eigenvalue weighted by atomic mass is 16.2. The molecule has 0 aromatic heterocycles. The lowest BCUT2D eigenvalue weighted by Gasteiger charge is -2.39. The van der Waals surface area contributed by atoms with E-state index in [1.807, 2.05) is 6.07 Å². The summed E-state index contributed by atoms with van der Waals surface area (Å²) in [6.07, 6.45) is 0. The Kier molecular flexibility index (Phi) is 2.51. The number of benzene rings is 2. The lowest BCUT2D eigenvalue weighted by atomic mass is 9.76. The zero-order chi connectivity index (χ0) is 15.5. The molecule has 4 rings (SSSR count). The van der Waals surface area contributed by atoms with Crippen molar-refractivity contribution < 1.29 is 4.79 Å². The van der Waals surface area contributed by atoms with Crippen molar-refractivity contribution in [3.05, 3.63) is 54.1 Å². The van der Waals surface area contributed by atoms with E-state index in [0.717, 1.165) is 0 Å². The Labute approximate surface area is 131 Å². The van der Waals surface area contributed by atoms with Crippen molar-refractivity contribution in [1.29, 1.82) is 0 Å². The van der Waals surface area contributed by atoms with E-state index in [1.54, 1.807) is 0 Å². The minimum atomic E-state index is -0.346. The summed E-state index contributed by atoms with van der Waals surface area (Å²) in [5.74, 6) is 0.105. The minimum Gasteiger partial charge on any atom is -0.339 e. The third-order valence-electron chi connectivity index (χ3n) is 5.51. The molecule has 112 valence electrons. The van der Waals surface area contributed by atoms with Crippen LogP contribution < -0.4 is 10.2 Å². The molecule has 3 heteroatoms. The summed E-state index contributed by atoms with van der Waals surface area (Å²) in [7, 11) is 0. The first-order chi connectivity index (χ1) is 10.4. The normalized spacial score (nSPS) is 24.9. The van der Waals surface area contributed by atoms with Gasteiger partial charge in [0.25, 0.3) is 0 Å². The van der Waals surface area contributed by atoms with Crippen LogP contribution in [0.4, 0.5) is 5.69 Å². The number of rotatable bonds is 1. The van der Waals surface area contributed by atoms with Gasteiger partial charge in [-0.05, 0) is 35.7 Å². The maximum atomic E-state index is 11.9. The highest BCUT2D eigenvalue weighted by Crippen LogP contribution is 2.52. The molecule has 2 aliphatic rings. The van der Waals surface area contributed by atoms with E-state index in [-0.39, 0.29) is 17.0 Å². The number of amides is 1. The first kappa shape index (κ1) is 13.4. The Morgan fingerprint density at radius 2 is 1.73 bits per heavy atom. The number of anilines is 1. The zero-order valence-electron chi connectivity index (χ0n) is 13.2. The SMILES string of the molecule is CC1(C)c2cc(-c3ccccc3)ccc2N2CC(=O)NC21C. The summed E-state index contributed by atoms with van der Waals surface area (Å²) in [6.45, 7) is 7.00. The van der Waals surface area contributed by atoms with Crippen molar-refractivity contribution in [2.75, 3.05) is 11.4 Å². The third kappa shape index (κ3) is 1.54. The number of carbonyl (C=O) groups is 1. The molecule has 0 saturated carbocycles. The smallest absolute Gasteiger partial charge is 0.241 e. The fraction of sp³-hybridized carbons (Fsp3) is 0.316. The predicted octanol–water partition coefficient (Wildman–Crippen LogP) is 3.30. The van der Waals surface area contributed by atoms with Crippen LogP contribution in [0, 0.1) is 0 Å². The van der Waals surface area contributed by atoms with Gasteiger partial charge in [0.2, 0.25) is 5.91 Å². The molecule has 1 unspecified atom stereocenters. The van der Waals surface area contributed by atoms with Gasteiger partial charge in [-0.3, -0.25) is 4.79 Å². The lowest BCUT2D eigenvalue weighted by Crippen LogP contribution is -2.57. The monoisotopic (exact) mass is 292 g/mol. The Hall–Kier alpha value is -2.29. The standard InChI is InChI=1S/C19H20N2O/c1-18(2)15-11-14(13-7-5-4-6-8-13)9-10-16(15)21-12-17(22)20-19(18,21)3/h4-11H,12H2,1-3H3,(H,20,22). The van der Waals surface area contributed by atoms with Crippen LogP contribution >= 0.6 is 0 Å². The van der Waals surface area contributed by atoms with Gasteiger partial charge in [-0.15, -0.1) is 0 Å². The number of nitrogens with zero attached hydrogens (tertiary/aromatic N) is 1. The summed E-state index contributed by atoms with van der Waals surface area (Å²) in [4.78, 5) is 14.1. The van der Waals surface area contributed by atoms with Gasteiger partial charge in [0.1, 0.15) is 5.66 Å². The Morgan fingerprint density at radius 1 is 1.00 bits per heavy atom. The molecule has 2 heterocycles. The van der Waals surface area contributed by atoms with Crippen molar-refractivity contribution >= 4 is 11.6 Å². The summed E-state index contributed by atoms with van der Waals surface area (Å²) >= 11 is 0. The average Bonchev–Trinajstić information content (AvgIpc) is 2.90. The molecule has 1 amide bonds. The van der Waals surface area contributed by atoms with Crippen LogP contribution in [0.15, 0.2) is 48.5 Å². The summed E-state index contributed by atoms with van der Waals surface area (Å²) < 4.78 is 0. The first-order valence-corrected chi connectivity index (χ1v) is 7.72. The number of carbonyl (C=O) groups excluding carboxylic acids is 1. The van der Waals surface area contributed by atoms with Crippen molar-refractivity contribution in [1.82, 2.24) is 5.32 Å². The van der Waals surface area contributed by atoms with Crippen LogP contribution in [0.3, 0.4) is 0 Å². The van der Waals surface area contributed by atoms with E-state index in [0.29, 0.717) is 6.54 Å². The van der Waals surface area contributed by atoms with Crippen molar-refractivity contribution in [3.8, 4) is 11.1 Å². The van der Waals surface area contributed by atoms with E-state index in [9.17, 15) is 4.79 Å². The molecule has 22 heavy (non-hydrogen) atoms. The van der Waals surface area contributed by atoms with Crippen molar-refractivity contribution in [2.45, 2.75) is 31.8 Å². The lowest BCUT2D eigenvalue weighted by molar-refractivity contribution is -0.119. The molecule has 1 fully saturated rings. The Balaban J connectivity index is 1.88. The van der Waals surface area contributed by atoms with Crippen LogP contribution in [-0.4, -0.2) is 18.1 Å².